The highest BCUT2D eigenvalue weighted by atomic mass is 31.2. The van der Waals surface area contributed by atoms with E-state index < -0.39 is 38.6 Å². The molecule has 0 amide bonds. The highest BCUT2D eigenvalue weighted by Crippen LogP contribution is 2.43. The molecule has 0 aliphatic rings. The highest BCUT2D eigenvalue weighted by Gasteiger charge is 2.25. The third-order valence-corrected chi connectivity index (χ3v) is 8.81. The topological polar surface area (TPSA) is 155 Å². The van der Waals surface area contributed by atoms with Crippen LogP contribution in [0.15, 0.2) is 146 Å². The normalized spacial score (nSPS) is 15.2. The molecule has 0 aromatic carbocycles. The van der Waals surface area contributed by atoms with E-state index in [1.165, 1.54) is 0 Å². The van der Waals surface area contributed by atoms with Gasteiger partial charge in [0, 0.05) is 19.4 Å². The molecule has 60 heavy (non-hydrogen) atoms. The van der Waals surface area contributed by atoms with Crippen LogP contribution in [-0.2, 0) is 32.7 Å². The van der Waals surface area contributed by atoms with Crippen LogP contribution in [0, 0.1) is 0 Å². The lowest BCUT2D eigenvalue weighted by atomic mass is 10.2. The Bertz CT molecular complexity index is 1500. The molecule has 0 aliphatic carbocycles. The van der Waals surface area contributed by atoms with E-state index in [4.69, 9.17) is 24.3 Å². The standard InChI is InChI=1S/C49H74NO9P/c1-3-5-7-9-11-12-13-14-15-16-17-18-19-20-21-26-29-33-37-41-49(53)59-47(45-58-60(54,55)57-43-42-50)44-56-48(52)40-36-32-28-25-23-22-24-27-31-35-39-46(51)38-34-30-10-8-6-4-2/h5-8,11-12,14-15,17-18,20-23,27-35,39,46-47,51H,3-4,9-10,13,16,19,24-26,36-38,40-45,50H2,1-2H3,(H,54,55)/b7-5-,8-6-,12-11-,15-14-,18-17-,21-20-,23-22-,31-27-,32-28-,33-29-,34-30-,39-35+/t46?,47-/m1/s1. The Kier molecular flexibility index (Phi) is 40.0. The second-order valence-corrected chi connectivity index (χ2v) is 14.7. The molecule has 2 unspecified atom stereocenters. The minimum absolute atomic E-state index is 0.0154. The molecule has 334 valence electrons. The van der Waals surface area contributed by atoms with Crippen molar-refractivity contribution in [2.45, 2.75) is 122 Å². The number of hydrogen-bond acceptors (Lipinski definition) is 9. The fourth-order valence-electron chi connectivity index (χ4n) is 4.71. The van der Waals surface area contributed by atoms with Crippen LogP contribution >= 0.6 is 7.82 Å². The van der Waals surface area contributed by atoms with Gasteiger partial charge in [0.15, 0.2) is 6.10 Å². The van der Waals surface area contributed by atoms with Crippen molar-refractivity contribution in [3.8, 4) is 0 Å². The summed E-state index contributed by atoms with van der Waals surface area (Å²) in [6, 6.07) is 0. The molecule has 0 heterocycles. The Morgan fingerprint density at radius 2 is 1.00 bits per heavy atom. The number of aliphatic hydroxyl groups is 1. The first kappa shape index (κ1) is 55.9. The van der Waals surface area contributed by atoms with Crippen LogP contribution in [0.25, 0.3) is 0 Å². The second-order valence-electron chi connectivity index (χ2n) is 13.3. The summed E-state index contributed by atoms with van der Waals surface area (Å²) in [6.07, 6.45) is 57.9. The lowest BCUT2D eigenvalue weighted by Gasteiger charge is -2.19. The van der Waals surface area contributed by atoms with Crippen LogP contribution in [0.2, 0.25) is 0 Å². The molecule has 11 heteroatoms. The minimum atomic E-state index is -4.44. The van der Waals surface area contributed by atoms with Crippen molar-refractivity contribution in [3.63, 3.8) is 0 Å². The van der Waals surface area contributed by atoms with Gasteiger partial charge in [0.2, 0.25) is 0 Å². The summed E-state index contributed by atoms with van der Waals surface area (Å²) >= 11 is 0. The molecule has 0 saturated heterocycles. The van der Waals surface area contributed by atoms with Crippen LogP contribution in [-0.4, -0.2) is 60.5 Å². The summed E-state index contributed by atoms with van der Waals surface area (Å²) in [6.45, 7) is 3.20. The number of carbonyl (C=O) groups is 2. The fourth-order valence-corrected chi connectivity index (χ4v) is 5.47. The molecule has 0 radical (unpaired) electrons. The summed E-state index contributed by atoms with van der Waals surface area (Å²) in [5.74, 6) is -1.07. The van der Waals surface area contributed by atoms with Crippen LogP contribution in [0.5, 0.6) is 0 Å². The first-order valence-electron chi connectivity index (χ1n) is 21.4. The van der Waals surface area contributed by atoms with E-state index in [-0.39, 0.29) is 32.6 Å². The summed E-state index contributed by atoms with van der Waals surface area (Å²) < 4.78 is 32.6. The highest BCUT2D eigenvalue weighted by molar-refractivity contribution is 7.47. The summed E-state index contributed by atoms with van der Waals surface area (Å²) in [5, 5.41) is 9.99. The van der Waals surface area contributed by atoms with Crippen molar-refractivity contribution in [1.29, 1.82) is 0 Å². The maximum atomic E-state index is 12.6. The van der Waals surface area contributed by atoms with E-state index in [1.54, 1.807) is 6.08 Å². The van der Waals surface area contributed by atoms with Gasteiger partial charge in [-0.3, -0.25) is 18.6 Å². The molecule has 0 aromatic rings. The monoisotopic (exact) mass is 852 g/mol. The zero-order chi connectivity index (χ0) is 44.0. The average molecular weight is 852 g/mol. The van der Waals surface area contributed by atoms with Crippen molar-refractivity contribution in [1.82, 2.24) is 0 Å². The van der Waals surface area contributed by atoms with E-state index in [0.29, 0.717) is 25.7 Å². The molecule has 0 rings (SSSR count). The van der Waals surface area contributed by atoms with E-state index in [9.17, 15) is 24.2 Å². The number of rotatable bonds is 37. The van der Waals surface area contributed by atoms with Gasteiger partial charge in [-0.15, -0.1) is 0 Å². The number of ether oxygens (including phenoxy) is 2. The number of allylic oxidation sites excluding steroid dienone is 22. The molecule has 4 N–H and O–H groups in total. The second kappa shape index (κ2) is 43.0. The molecule has 0 bridgehead atoms. The Labute approximate surface area is 361 Å². The molecule has 3 atom stereocenters. The van der Waals surface area contributed by atoms with Gasteiger partial charge in [0.05, 0.1) is 19.3 Å². The summed E-state index contributed by atoms with van der Waals surface area (Å²) in [5.41, 5.74) is 5.33. The predicted octanol–water partition coefficient (Wildman–Crippen LogP) is 11.5. The number of carbonyl (C=O) groups excluding carboxylic acids is 2. The van der Waals surface area contributed by atoms with Gasteiger partial charge < -0.3 is 25.2 Å². The number of esters is 2. The van der Waals surface area contributed by atoms with Crippen LogP contribution in [0.1, 0.15) is 110 Å². The minimum Gasteiger partial charge on any atom is -0.462 e. The molecule has 10 nitrogen and oxygen atoms in total. The van der Waals surface area contributed by atoms with Crippen molar-refractivity contribution in [2.75, 3.05) is 26.4 Å². The molecule has 0 spiro atoms. The van der Waals surface area contributed by atoms with Gasteiger partial charge >= 0.3 is 19.8 Å². The maximum absolute atomic E-state index is 12.6. The Balaban J connectivity index is 4.50. The van der Waals surface area contributed by atoms with E-state index in [0.717, 1.165) is 57.8 Å². The Morgan fingerprint density at radius 3 is 1.48 bits per heavy atom. The number of phosphoric ester groups is 1. The maximum Gasteiger partial charge on any atom is 0.472 e. The lowest BCUT2D eigenvalue weighted by Crippen LogP contribution is -2.29. The van der Waals surface area contributed by atoms with Crippen LogP contribution < -0.4 is 5.73 Å². The van der Waals surface area contributed by atoms with Gasteiger partial charge in [-0.25, -0.2) is 4.57 Å². The van der Waals surface area contributed by atoms with Crippen molar-refractivity contribution < 1.29 is 42.7 Å². The first-order chi connectivity index (χ1) is 29.2. The van der Waals surface area contributed by atoms with Crippen molar-refractivity contribution >= 4 is 19.8 Å². The average Bonchev–Trinajstić information content (AvgIpc) is 3.23. The van der Waals surface area contributed by atoms with Gasteiger partial charge in [-0.05, 0) is 83.5 Å². The molecule has 0 aliphatic heterocycles. The van der Waals surface area contributed by atoms with Crippen LogP contribution in [0.4, 0.5) is 0 Å². The molecular weight excluding hydrogens is 778 g/mol. The van der Waals surface area contributed by atoms with Gasteiger partial charge in [0.25, 0.3) is 0 Å². The molecule has 0 fully saturated rings. The fraction of sp³-hybridized carbons (Fsp3) is 0.469. The number of nitrogens with two attached hydrogens (primary N) is 1. The first-order valence-corrected chi connectivity index (χ1v) is 22.9. The van der Waals surface area contributed by atoms with E-state index in [2.05, 4.69) is 92.8 Å². The zero-order valence-corrected chi connectivity index (χ0v) is 37.1. The molecule has 0 saturated carbocycles. The number of phosphoric acid groups is 1. The quantitative estimate of drug-likeness (QED) is 0.0238. The summed E-state index contributed by atoms with van der Waals surface area (Å²) in [7, 11) is -4.44. The summed E-state index contributed by atoms with van der Waals surface area (Å²) in [4.78, 5) is 34.8. The SMILES string of the molecule is CC/C=C\C/C=C\C/C=C\C/C=C\C/C=C\C/C=C\CCC(=O)O[C@H](COC(=O)CC/C=C\C/C=C\C/C=C\C=C\C(O)C/C=C\C/C=C\CC)COP(=O)(O)OCCN. The van der Waals surface area contributed by atoms with Gasteiger partial charge in [0.1, 0.15) is 6.61 Å². The van der Waals surface area contributed by atoms with Crippen molar-refractivity contribution in [2.24, 2.45) is 5.73 Å². The Morgan fingerprint density at radius 1 is 0.567 bits per heavy atom. The largest absolute Gasteiger partial charge is 0.472 e. The van der Waals surface area contributed by atoms with Crippen molar-refractivity contribution in [3.05, 3.63) is 146 Å². The third-order valence-electron chi connectivity index (χ3n) is 7.83. The van der Waals surface area contributed by atoms with E-state index >= 15 is 0 Å². The molecule has 0 aromatic heterocycles. The third kappa shape index (κ3) is 42.0. The molecular formula is C49H74NO9P. The zero-order valence-electron chi connectivity index (χ0n) is 36.2. The number of hydrogen-bond donors (Lipinski definition) is 3. The lowest BCUT2D eigenvalue weighted by molar-refractivity contribution is -0.161. The van der Waals surface area contributed by atoms with Gasteiger partial charge in [-0.2, -0.15) is 0 Å². The Hall–Kier alpha value is -4.15. The van der Waals surface area contributed by atoms with Gasteiger partial charge in [-0.1, -0.05) is 160 Å². The smallest absolute Gasteiger partial charge is 0.462 e. The van der Waals surface area contributed by atoms with E-state index in [1.807, 2.05) is 60.8 Å². The predicted molar refractivity (Wildman–Crippen MR) is 248 cm³/mol. The van der Waals surface area contributed by atoms with Crippen LogP contribution in [0.3, 0.4) is 0 Å². The number of aliphatic hydroxyl groups excluding tert-OH is 1.